The highest BCUT2D eigenvalue weighted by atomic mass is 16.2. The number of fused-ring (bicyclic) bond motifs is 1. The number of piperidine rings is 1. The van der Waals surface area contributed by atoms with Crippen LogP contribution in [0.25, 0.3) is 0 Å². The van der Waals surface area contributed by atoms with E-state index in [1.807, 2.05) is 13.0 Å². The Morgan fingerprint density at radius 1 is 1.37 bits per heavy atom. The molecule has 2 aliphatic rings. The van der Waals surface area contributed by atoms with Gasteiger partial charge in [-0.1, -0.05) is 13.0 Å². The van der Waals surface area contributed by atoms with Gasteiger partial charge in [0.1, 0.15) is 11.9 Å². The zero-order valence-corrected chi connectivity index (χ0v) is 11.2. The van der Waals surface area contributed by atoms with Crippen LogP contribution < -0.4 is 4.90 Å². The molecule has 0 spiro atoms. The minimum absolute atomic E-state index is 0.127. The normalized spacial score (nSPS) is 26.8. The van der Waals surface area contributed by atoms with E-state index in [9.17, 15) is 9.59 Å². The lowest BCUT2D eigenvalue weighted by atomic mass is 9.93. The smallest absolute Gasteiger partial charge is 0.312 e. The lowest BCUT2D eigenvalue weighted by Crippen LogP contribution is -2.41. The Labute approximate surface area is 112 Å². The van der Waals surface area contributed by atoms with E-state index in [0.29, 0.717) is 18.3 Å². The maximum Gasteiger partial charge on any atom is 0.333 e. The van der Waals surface area contributed by atoms with Gasteiger partial charge in [-0.25, -0.2) is 14.7 Å². The van der Waals surface area contributed by atoms with Crippen LogP contribution in [0, 0.1) is 12.8 Å². The molecule has 0 unspecified atom stereocenters. The molecule has 0 radical (unpaired) electrons. The minimum Gasteiger partial charge on any atom is -0.312 e. The summed E-state index contributed by atoms with van der Waals surface area (Å²) in [4.78, 5) is 32.0. The van der Waals surface area contributed by atoms with Gasteiger partial charge in [-0.05, 0) is 37.3 Å². The van der Waals surface area contributed by atoms with Crippen molar-refractivity contribution in [2.45, 2.75) is 32.7 Å². The number of aryl methyl sites for hydroxylation is 1. The van der Waals surface area contributed by atoms with Gasteiger partial charge in [0, 0.05) is 12.7 Å². The number of amides is 3. The van der Waals surface area contributed by atoms with E-state index in [-0.39, 0.29) is 18.0 Å². The summed E-state index contributed by atoms with van der Waals surface area (Å²) in [5.41, 5.74) is 0.845. The van der Waals surface area contributed by atoms with E-state index in [0.717, 1.165) is 18.4 Å². The maximum atomic E-state index is 12.5. The fourth-order valence-corrected chi connectivity index (χ4v) is 2.88. The zero-order valence-electron chi connectivity index (χ0n) is 11.2. The van der Waals surface area contributed by atoms with Crippen LogP contribution in [-0.2, 0) is 4.79 Å². The van der Waals surface area contributed by atoms with E-state index in [1.54, 1.807) is 17.2 Å². The van der Waals surface area contributed by atoms with Crippen molar-refractivity contribution in [3.8, 4) is 0 Å². The van der Waals surface area contributed by atoms with Gasteiger partial charge in [-0.15, -0.1) is 0 Å². The van der Waals surface area contributed by atoms with Gasteiger partial charge in [0.25, 0.3) is 5.91 Å². The van der Waals surface area contributed by atoms with Gasteiger partial charge >= 0.3 is 6.03 Å². The van der Waals surface area contributed by atoms with Crippen LogP contribution in [0.15, 0.2) is 18.3 Å². The Morgan fingerprint density at radius 2 is 2.16 bits per heavy atom. The first-order chi connectivity index (χ1) is 9.09. The Hall–Kier alpha value is -1.91. The van der Waals surface area contributed by atoms with Gasteiger partial charge in [-0.3, -0.25) is 4.79 Å². The third kappa shape index (κ3) is 1.80. The van der Waals surface area contributed by atoms with Gasteiger partial charge in [0.05, 0.1) is 0 Å². The first-order valence-electron chi connectivity index (χ1n) is 6.66. The average molecular weight is 259 g/mol. The van der Waals surface area contributed by atoms with Crippen LogP contribution in [0.4, 0.5) is 10.6 Å². The van der Waals surface area contributed by atoms with Crippen LogP contribution in [0.5, 0.6) is 0 Å². The number of rotatable bonds is 1. The minimum atomic E-state index is -0.294. The SMILES string of the molecule is Cc1cccnc1N1C(=O)[C@@H]2C[C@H](C)CCN2C1=O. The topological polar surface area (TPSA) is 53.5 Å². The van der Waals surface area contributed by atoms with E-state index in [1.165, 1.54) is 4.90 Å². The first-order valence-corrected chi connectivity index (χ1v) is 6.66. The summed E-state index contributed by atoms with van der Waals surface area (Å²) < 4.78 is 0. The Morgan fingerprint density at radius 3 is 2.89 bits per heavy atom. The summed E-state index contributed by atoms with van der Waals surface area (Å²) in [6, 6.07) is 3.16. The highest BCUT2D eigenvalue weighted by Gasteiger charge is 2.48. The van der Waals surface area contributed by atoms with E-state index in [2.05, 4.69) is 11.9 Å². The van der Waals surface area contributed by atoms with E-state index >= 15 is 0 Å². The quantitative estimate of drug-likeness (QED) is 0.724. The molecular formula is C14H17N3O2. The molecule has 3 heterocycles. The lowest BCUT2D eigenvalue weighted by Gasteiger charge is -2.30. The molecule has 3 amide bonds. The molecule has 0 aliphatic carbocycles. The number of urea groups is 1. The molecule has 0 aromatic carbocycles. The van der Waals surface area contributed by atoms with Gasteiger partial charge in [-0.2, -0.15) is 0 Å². The highest BCUT2D eigenvalue weighted by Crippen LogP contribution is 2.32. The Balaban J connectivity index is 1.98. The Kier molecular flexibility index (Phi) is 2.77. The van der Waals surface area contributed by atoms with Gasteiger partial charge < -0.3 is 4.90 Å². The molecule has 5 nitrogen and oxygen atoms in total. The highest BCUT2D eigenvalue weighted by molar-refractivity contribution is 6.21. The second kappa shape index (κ2) is 4.33. The largest absolute Gasteiger partial charge is 0.333 e. The number of carbonyl (C=O) groups excluding carboxylic acids is 2. The number of pyridine rings is 1. The molecular weight excluding hydrogens is 242 g/mol. The van der Waals surface area contributed by atoms with E-state index in [4.69, 9.17) is 0 Å². The standard InChI is InChI=1S/C14H17N3O2/c1-9-5-7-16-11(8-9)13(18)17(14(16)19)12-10(2)4-3-6-15-12/h3-4,6,9,11H,5,7-8H2,1-2H3/t9-,11+/m1/s1. The van der Waals surface area contributed by atoms with Crippen molar-refractivity contribution >= 4 is 17.8 Å². The number of aromatic nitrogens is 1. The van der Waals surface area contributed by atoms with Crippen molar-refractivity contribution in [2.24, 2.45) is 5.92 Å². The third-order valence-corrected chi connectivity index (χ3v) is 4.00. The molecule has 2 aliphatic heterocycles. The van der Waals surface area contributed by atoms with Crippen LogP contribution >= 0.6 is 0 Å². The Bertz CT molecular complexity index is 543. The van der Waals surface area contributed by atoms with Crippen molar-refractivity contribution in [2.75, 3.05) is 11.4 Å². The molecule has 2 saturated heterocycles. The summed E-state index contributed by atoms with van der Waals surface area (Å²) in [5.74, 6) is 0.834. The zero-order chi connectivity index (χ0) is 13.6. The van der Waals surface area contributed by atoms with Crippen molar-refractivity contribution in [3.05, 3.63) is 23.9 Å². The third-order valence-electron chi connectivity index (χ3n) is 4.00. The molecule has 1 aromatic rings. The number of nitrogens with zero attached hydrogens (tertiary/aromatic N) is 3. The monoisotopic (exact) mass is 259 g/mol. The predicted molar refractivity (Wildman–Crippen MR) is 70.7 cm³/mol. The molecule has 19 heavy (non-hydrogen) atoms. The number of carbonyl (C=O) groups is 2. The van der Waals surface area contributed by atoms with Crippen molar-refractivity contribution in [1.82, 2.24) is 9.88 Å². The van der Waals surface area contributed by atoms with Gasteiger partial charge in [0.15, 0.2) is 0 Å². The fraction of sp³-hybridized carbons (Fsp3) is 0.500. The molecule has 5 heteroatoms. The van der Waals surface area contributed by atoms with Gasteiger partial charge in [0.2, 0.25) is 0 Å². The van der Waals surface area contributed by atoms with Crippen LogP contribution in [-0.4, -0.2) is 34.4 Å². The van der Waals surface area contributed by atoms with Crippen LogP contribution in [0.1, 0.15) is 25.3 Å². The first kappa shape index (κ1) is 12.1. The number of anilines is 1. The summed E-state index contributed by atoms with van der Waals surface area (Å²) in [6.45, 7) is 4.66. The van der Waals surface area contributed by atoms with Crippen LogP contribution in [0.3, 0.4) is 0 Å². The molecule has 0 saturated carbocycles. The number of hydrogen-bond donors (Lipinski definition) is 0. The number of hydrogen-bond acceptors (Lipinski definition) is 3. The molecule has 2 fully saturated rings. The molecule has 2 atom stereocenters. The second-order valence-corrected chi connectivity index (χ2v) is 5.44. The summed E-state index contributed by atoms with van der Waals surface area (Å²) in [7, 11) is 0. The van der Waals surface area contributed by atoms with Crippen molar-refractivity contribution < 1.29 is 9.59 Å². The molecule has 100 valence electrons. The van der Waals surface area contributed by atoms with Crippen molar-refractivity contribution in [1.29, 1.82) is 0 Å². The molecule has 3 rings (SSSR count). The predicted octanol–water partition coefficient (Wildman–Crippen LogP) is 1.96. The van der Waals surface area contributed by atoms with E-state index < -0.39 is 0 Å². The molecule has 0 N–H and O–H groups in total. The average Bonchev–Trinajstić information content (AvgIpc) is 2.63. The maximum absolute atomic E-state index is 12.5. The summed E-state index contributed by atoms with van der Waals surface area (Å²) in [6.07, 6.45) is 3.33. The number of imide groups is 1. The summed E-state index contributed by atoms with van der Waals surface area (Å²) in [5, 5.41) is 0. The summed E-state index contributed by atoms with van der Waals surface area (Å²) >= 11 is 0. The van der Waals surface area contributed by atoms with Crippen molar-refractivity contribution in [3.63, 3.8) is 0 Å². The fourth-order valence-electron chi connectivity index (χ4n) is 2.88. The molecule has 1 aromatic heterocycles. The molecule has 0 bridgehead atoms. The van der Waals surface area contributed by atoms with Crippen LogP contribution in [0.2, 0.25) is 0 Å². The lowest BCUT2D eigenvalue weighted by molar-refractivity contribution is -0.120. The second-order valence-electron chi connectivity index (χ2n) is 5.44.